The zero-order valence-electron chi connectivity index (χ0n) is 19.0. The van der Waals surface area contributed by atoms with E-state index in [1.807, 2.05) is 0 Å². The van der Waals surface area contributed by atoms with Crippen molar-refractivity contribution in [2.75, 3.05) is 18.4 Å². The van der Waals surface area contributed by atoms with Gasteiger partial charge in [0.1, 0.15) is 23.6 Å². The van der Waals surface area contributed by atoms with Gasteiger partial charge in [-0.2, -0.15) is 0 Å². The molecule has 0 saturated carbocycles. The van der Waals surface area contributed by atoms with Crippen molar-refractivity contribution in [2.45, 2.75) is 38.3 Å². The molecule has 1 fully saturated rings. The maximum atomic E-state index is 14.3. The zero-order valence-corrected chi connectivity index (χ0v) is 19.8. The van der Waals surface area contributed by atoms with E-state index in [1.54, 1.807) is 49.9 Å². The van der Waals surface area contributed by atoms with Crippen LogP contribution in [0.2, 0.25) is 5.02 Å². The molecule has 0 spiro atoms. The second kappa shape index (κ2) is 9.06. The van der Waals surface area contributed by atoms with Crippen LogP contribution in [0, 0.1) is 5.82 Å². The molecule has 0 unspecified atom stereocenters. The number of halogens is 2. The molecule has 0 aliphatic carbocycles. The van der Waals surface area contributed by atoms with Crippen LogP contribution in [0.3, 0.4) is 0 Å². The number of nitrogens with one attached hydrogen (secondary N) is 1. The predicted octanol–water partition coefficient (Wildman–Crippen LogP) is 4.34. The second-order valence-electron chi connectivity index (χ2n) is 9.20. The van der Waals surface area contributed by atoms with E-state index in [4.69, 9.17) is 22.1 Å². The van der Waals surface area contributed by atoms with Gasteiger partial charge in [0.15, 0.2) is 0 Å². The Morgan fingerprint density at radius 3 is 2.65 bits per heavy atom. The Hall–Kier alpha value is -3.46. The van der Waals surface area contributed by atoms with Gasteiger partial charge in [0.25, 0.3) is 5.91 Å². The Labute approximate surface area is 201 Å². The molecule has 8 nitrogen and oxygen atoms in total. The third-order valence-corrected chi connectivity index (χ3v) is 5.90. The number of nitrogens with two attached hydrogens (primary N) is 1. The van der Waals surface area contributed by atoms with Crippen molar-refractivity contribution in [1.29, 1.82) is 0 Å². The number of fused-ring (bicyclic) bond motifs is 1. The normalized spacial score (nSPS) is 18.2. The molecule has 10 heteroatoms. The number of anilines is 1. The van der Waals surface area contributed by atoms with Crippen LogP contribution in [0.25, 0.3) is 10.9 Å². The number of amides is 2. The van der Waals surface area contributed by atoms with Crippen molar-refractivity contribution in [3.05, 3.63) is 64.7 Å². The topological polar surface area (TPSA) is 110 Å². The number of ether oxygens (including phenoxy) is 1. The van der Waals surface area contributed by atoms with Gasteiger partial charge in [-0.1, -0.05) is 23.7 Å². The average Bonchev–Trinajstić information content (AvgIpc) is 3.18. The molecule has 1 aromatic heterocycles. The van der Waals surface area contributed by atoms with E-state index >= 15 is 0 Å². The van der Waals surface area contributed by atoms with Gasteiger partial charge in [0.2, 0.25) is 0 Å². The number of likely N-dealkylation sites (tertiary alicyclic amines) is 1. The number of primary amides is 1. The highest BCUT2D eigenvalue weighted by molar-refractivity contribution is 6.30. The first kappa shape index (κ1) is 23.7. The minimum atomic E-state index is -0.654. The highest BCUT2D eigenvalue weighted by Crippen LogP contribution is 2.34. The summed E-state index contributed by atoms with van der Waals surface area (Å²) in [6.45, 7) is 6.00. The van der Waals surface area contributed by atoms with Gasteiger partial charge < -0.3 is 20.7 Å². The van der Waals surface area contributed by atoms with Crippen molar-refractivity contribution in [1.82, 2.24) is 14.9 Å². The molecule has 4 rings (SSSR count). The Kier molecular flexibility index (Phi) is 6.31. The van der Waals surface area contributed by atoms with E-state index in [0.717, 1.165) is 0 Å². The van der Waals surface area contributed by atoms with Crippen molar-refractivity contribution in [2.24, 2.45) is 5.73 Å². The molecule has 2 aromatic carbocycles. The molecule has 1 aliphatic heterocycles. The Balaban J connectivity index is 1.70. The van der Waals surface area contributed by atoms with E-state index in [1.165, 1.54) is 18.5 Å². The van der Waals surface area contributed by atoms with Crippen LogP contribution in [0.1, 0.15) is 42.6 Å². The quantitative estimate of drug-likeness (QED) is 0.569. The third kappa shape index (κ3) is 4.89. The highest BCUT2D eigenvalue weighted by Gasteiger charge is 2.38. The summed E-state index contributed by atoms with van der Waals surface area (Å²) in [6, 6.07) is 9.37. The first-order valence-corrected chi connectivity index (χ1v) is 11.1. The second-order valence-corrected chi connectivity index (χ2v) is 9.61. The predicted molar refractivity (Wildman–Crippen MR) is 127 cm³/mol. The van der Waals surface area contributed by atoms with Crippen LogP contribution >= 0.6 is 11.6 Å². The van der Waals surface area contributed by atoms with Crippen LogP contribution in [0.5, 0.6) is 0 Å². The number of hydrogen-bond acceptors (Lipinski definition) is 6. The Bertz CT molecular complexity index is 1260. The molecule has 3 aromatic rings. The molecule has 0 bridgehead atoms. The summed E-state index contributed by atoms with van der Waals surface area (Å²) < 4.78 is 19.8. The molecule has 1 saturated heterocycles. The number of nitrogens with zero attached hydrogens (tertiary/aromatic N) is 3. The molecule has 2 amide bonds. The van der Waals surface area contributed by atoms with Crippen LogP contribution in [-0.2, 0) is 4.74 Å². The monoisotopic (exact) mass is 485 g/mol. The van der Waals surface area contributed by atoms with Crippen molar-refractivity contribution >= 4 is 40.3 Å². The fourth-order valence-corrected chi connectivity index (χ4v) is 4.20. The molecule has 3 N–H and O–H groups in total. The Morgan fingerprint density at radius 1 is 1.21 bits per heavy atom. The van der Waals surface area contributed by atoms with Gasteiger partial charge in [-0.05, 0) is 50.6 Å². The fourth-order valence-electron chi connectivity index (χ4n) is 4.08. The highest BCUT2D eigenvalue weighted by atomic mass is 35.5. The molecule has 2 atom stereocenters. The molecular formula is C24H25ClFN5O3. The summed E-state index contributed by atoms with van der Waals surface area (Å²) in [6.07, 6.45) is 0.883. The zero-order chi connectivity index (χ0) is 24.6. The van der Waals surface area contributed by atoms with Gasteiger partial charge in [0, 0.05) is 24.4 Å². The molecule has 0 radical (unpaired) electrons. The summed E-state index contributed by atoms with van der Waals surface area (Å²) in [5.41, 5.74) is 6.22. The van der Waals surface area contributed by atoms with Crippen molar-refractivity contribution < 1.29 is 18.7 Å². The number of benzene rings is 2. The molecule has 178 valence electrons. The lowest BCUT2D eigenvalue weighted by atomic mass is 9.94. The summed E-state index contributed by atoms with van der Waals surface area (Å²) in [5, 5.41) is 4.00. The van der Waals surface area contributed by atoms with Crippen LogP contribution in [0.15, 0.2) is 42.7 Å². The van der Waals surface area contributed by atoms with Gasteiger partial charge in [-0.15, -0.1) is 0 Å². The minimum Gasteiger partial charge on any atom is -0.444 e. The summed E-state index contributed by atoms with van der Waals surface area (Å²) in [4.78, 5) is 34.8. The summed E-state index contributed by atoms with van der Waals surface area (Å²) >= 11 is 5.88. The SMILES string of the molecule is CC(C)(C)OC(=O)N1C[C@H](Nc2ncnc3c(C(N)=O)cccc23)[C@@H](c2ccc(Cl)c(F)c2)C1. The van der Waals surface area contributed by atoms with Gasteiger partial charge in [-0.3, -0.25) is 4.79 Å². The average molecular weight is 486 g/mol. The van der Waals surface area contributed by atoms with E-state index in [9.17, 15) is 14.0 Å². The molecular weight excluding hydrogens is 461 g/mol. The smallest absolute Gasteiger partial charge is 0.410 e. The van der Waals surface area contributed by atoms with Crippen molar-refractivity contribution in [3.8, 4) is 0 Å². The van der Waals surface area contributed by atoms with Gasteiger partial charge in [-0.25, -0.2) is 19.2 Å². The van der Waals surface area contributed by atoms with E-state index in [-0.39, 0.29) is 22.5 Å². The maximum absolute atomic E-state index is 14.3. The van der Waals surface area contributed by atoms with Gasteiger partial charge >= 0.3 is 6.09 Å². The molecule has 1 aliphatic rings. The lowest BCUT2D eigenvalue weighted by Crippen LogP contribution is -2.36. The van der Waals surface area contributed by atoms with E-state index < -0.39 is 23.4 Å². The van der Waals surface area contributed by atoms with Crippen molar-refractivity contribution in [3.63, 3.8) is 0 Å². The number of carbonyl (C=O) groups excluding carboxylic acids is 2. The lowest BCUT2D eigenvalue weighted by Gasteiger charge is -2.24. The maximum Gasteiger partial charge on any atom is 0.410 e. The molecule has 34 heavy (non-hydrogen) atoms. The number of hydrogen-bond donors (Lipinski definition) is 2. The van der Waals surface area contributed by atoms with Gasteiger partial charge in [0.05, 0.1) is 22.1 Å². The van der Waals surface area contributed by atoms with Crippen LogP contribution < -0.4 is 11.1 Å². The van der Waals surface area contributed by atoms with Crippen LogP contribution in [-0.4, -0.2) is 51.6 Å². The molecule has 2 heterocycles. The first-order valence-electron chi connectivity index (χ1n) is 10.8. The largest absolute Gasteiger partial charge is 0.444 e. The van der Waals surface area contributed by atoms with E-state index in [2.05, 4.69) is 15.3 Å². The third-order valence-electron chi connectivity index (χ3n) is 5.60. The number of carbonyl (C=O) groups is 2. The Morgan fingerprint density at radius 2 is 1.97 bits per heavy atom. The minimum absolute atomic E-state index is 0.0241. The number of para-hydroxylation sites is 1. The first-order chi connectivity index (χ1) is 16.0. The lowest BCUT2D eigenvalue weighted by molar-refractivity contribution is 0.0291. The summed E-state index contributed by atoms with van der Waals surface area (Å²) in [7, 11) is 0. The fraction of sp³-hybridized carbons (Fsp3) is 0.333. The number of aromatic nitrogens is 2. The van der Waals surface area contributed by atoms with E-state index in [0.29, 0.717) is 35.4 Å². The van der Waals surface area contributed by atoms with Crippen LogP contribution in [0.4, 0.5) is 15.0 Å². The summed E-state index contributed by atoms with van der Waals surface area (Å²) in [5.74, 6) is -0.929. The number of rotatable bonds is 4. The standard InChI is InChI=1S/C24H25ClFN5O3/c1-24(2,3)34-23(33)31-10-16(13-7-8-17(25)18(26)9-13)19(11-31)30-22-15-6-4-5-14(21(27)32)20(15)28-12-29-22/h4-9,12,16,19H,10-11H2,1-3H3,(H2,27,32)(H,28,29,30)/t16-,19+/m1/s1.